The van der Waals surface area contributed by atoms with Gasteiger partial charge in [0.2, 0.25) is 0 Å². The summed E-state index contributed by atoms with van der Waals surface area (Å²) in [7, 11) is 0. The average molecular weight is 468 g/mol. The van der Waals surface area contributed by atoms with Crippen LogP contribution in [0, 0.1) is 33.4 Å². The van der Waals surface area contributed by atoms with Gasteiger partial charge in [0.05, 0.1) is 16.3 Å². The van der Waals surface area contributed by atoms with Crippen molar-refractivity contribution in [3.8, 4) is 0 Å². The summed E-state index contributed by atoms with van der Waals surface area (Å²) in [5.74, 6) is -11.5. The van der Waals surface area contributed by atoms with E-state index in [0.717, 1.165) is 23.7 Å². The maximum absolute atomic E-state index is 13.9. The fraction of sp³-hybridized carbons (Fsp3) is 0.125. The molecule has 1 N–H and O–H groups in total. The number of alkyl halides is 3. The number of anilines is 1. The Kier molecular flexibility index (Phi) is 5.71. The van der Waals surface area contributed by atoms with Crippen molar-refractivity contribution in [3.05, 3.63) is 73.2 Å². The Morgan fingerprint density at radius 2 is 1.77 bits per heavy atom. The van der Waals surface area contributed by atoms with Crippen LogP contribution in [0.2, 0.25) is 0 Å². The van der Waals surface area contributed by atoms with Gasteiger partial charge >= 0.3 is 11.9 Å². The monoisotopic (exact) mass is 468 g/mol. The van der Waals surface area contributed by atoms with Gasteiger partial charge in [-0.15, -0.1) is 11.3 Å². The maximum atomic E-state index is 13.9. The van der Waals surface area contributed by atoms with Crippen LogP contribution in [0.25, 0.3) is 0 Å². The van der Waals surface area contributed by atoms with Crippen molar-refractivity contribution < 1.29 is 40.5 Å². The molecular weight excluding hydrogens is 461 g/mol. The second-order valence-corrected chi connectivity index (χ2v) is 6.84. The largest absolute Gasteiger partial charge is 0.422 e. The number of nitro groups is 1. The maximum Gasteiger partial charge on any atom is 0.422 e. The summed E-state index contributed by atoms with van der Waals surface area (Å²) >= 11 is 0.737. The van der Waals surface area contributed by atoms with E-state index in [1.54, 1.807) is 0 Å². The molecule has 3 aromatic rings. The standard InChI is InChI=1S/C16H7F7N4O3S/c17-10-9(16(21,22)23)11(18)13(20)14(12(10)19)25-15(28)8-1-6(5-31-8)3-26-4-7(2-24-26)27(29)30/h1-2,4-5H,3H2,(H,25,28). The number of carbonyl (C=O) groups is 1. The fourth-order valence-corrected chi connectivity index (χ4v) is 3.26. The molecule has 0 aliphatic carbocycles. The lowest BCUT2D eigenvalue weighted by Crippen LogP contribution is -2.20. The van der Waals surface area contributed by atoms with E-state index in [9.17, 15) is 45.6 Å². The molecule has 7 nitrogen and oxygen atoms in total. The lowest BCUT2D eigenvalue weighted by atomic mass is 10.1. The molecule has 1 amide bonds. The fourth-order valence-electron chi connectivity index (χ4n) is 2.46. The van der Waals surface area contributed by atoms with E-state index in [1.807, 2.05) is 0 Å². The summed E-state index contributed by atoms with van der Waals surface area (Å²) in [5.41, 5.74) is -4.37. The van der Waals surface area contributed by atoms with E-state index in [2.05, 4.69) is 5.10 Å². The average Bonchev–Trinajstić information content (AvgIpc) is 3.32. The SMILES string of the molecule is O=C(Nc1c(F)c(F)c(C(F)(F)F)c(F)c1F)c1cc(Cn2cc([N+](=O)[O-])cn2)cs1. The quantitative estimate of drug-likeness (QED) is 0.254. The number of aromatic nitrogens is 2. The Balaban J connectivity index is 1.83. The zero-order valence-corrected chi connectivity index (χ0v) is 15.5. The van der Waals surface area contributed by atoms with Crippen molar-refractivity contribution in [3.63, 3.8) is 0 Å². The number of nitrogens with one attached hydrogen (secondary N) is 1. The lowest BCUT2D eigenvalue weighted by Gasteiger charge is -2.14. The number of thiophene rings is 1. The number of hydrogen-bond acceptors (Lipinski definition) is 5. The van der Waals surface area contributed by atoms with Gasteiger partial charge in [0, 0.05) is 0 Å². The third-order valence-electron chi connectivity index (χ3n) is 3.84. The van der Waals surface area contributed by atoms with Crippen LogP contribution in [0.15, 0.2) is 23.8 Å². The number of amides is 1. The lowest BCUT2D eigenvalue weighted by molar-refractivity contribution is -0.385. The van der Waals surface area contributed by atoms with Gasteiger partial charge in [-0.2, -0.15) is 18.3 Å². The smallest absolute Gasteiger partial charge is 0.316 e. The molecule has 0 atom stereocenters. The molecule has 0 bridgehead atoms. The molecule has 0 saturated heterocycles. The van der Waals surface area contributed by atoms with E-state index in [0.29, 0.717) is 5.56 Å². The molecule has 0 spiro atoms. The van der Waals surface area contributed by atoms with Crippen molar-refractivity contribution in [1.29, 1.82) is 0 Å². The highest BCUT2D eigenvalue weighted by Gasteiger charge is 2.42. The van der Waals surface area contributed by atoms with Gasteiger partial charge in [0.25, 0.3) is 5.91 Å². The third kappa shape index (κ3) is 4.35. The Labute approximate surface area is 170 Å². The van der Waals surface area contributed by atoms with Crippen LogP contribution < -0.4 is 5.32 Å². The van der Waals surface area contributed by atoms with Crippen LogP contribution in [0.5, 0.6) is 0 Å². The molecule has 2 heterocycles. The number of nitrogens with zero attached hydrogens (tertiary/aromatic N) is 3. The van der Waals surface area contributed by atoms with Gasteiger partial charge in [-0.25, -0.2) is 17.6 Å². The van der Waals surface area contributed by atoms with Crippen molar-refractivity contribution >= 4 is 28.6 Å². The Bertz CT molecular complexity index is 1160. The Morgan fingerprint density at radius 3 is 2.29 bits per heavy atom. The first-order valence-corrected chi connectivity index (χ1v) is 8.76. The van der Waals surface area contributed by atoms with Crippen LogP contribution in [0.4, 0.5) is 42.1 Å². The molecule has 0 saturated carbocycles. The third-order valence-corrected chi connectivity index (χ3v) is 4.82. The van der Waals surface area contributed by atoms with Crippen LogP contribution in [-0.4, -0.2) is 20.6 Å². The summed E-state index contributed by atoms with van der Waals surface area (Å²) in [6.07, 6.45) is -3.61. The summed E-state index contributed by atoms with van der Waals surface area (Å²) in [5, 5.41) is 17.3. The van der Waals surface area contributed by atoms with Crippen LogP contribution in [-0.2, 0) is 12.7 Å². The second-order valence-electron chi connectivity index (χ2n) is 5.93. The second kappa shape index (κ2) is 7.98. The summed E-state index contributed by atoms with van der Waals surface area (Å²) in [4.78, 5) is 21.9. The zero-order chi connectivity index (χ0) is 23.1. The minimum absolute atomic E-state index is 0.0239. The molecule has 2 aromatic heterocycles. The number of benzene rings is 1. The first-order chi connectivity index (χ1) is 14.4. The summed E-state index contributed by atoms with van der Waals surface area (Å²) < 4.78 is 94.1. The normalized spacial score (nSPS) is 11.6. The van der Waals surface area contributed by atoms with E-state index >= 15 is 0 Å². The van der Waals surface area contributed by atoms with E-state index in [1.165, 1.54) is 21.4 Å². The highest BCUT2D eigenvalue weighted by Crippen LogP contribution is 2.38. The van der Waals surface area contributed by atoms with E-state index in [-0.39, 0.29) is 17.1 Å². The van der Waals surface area contributed by atoms with E-state index in [4.69, 9.17) is 0 Å². The molecule has 15 heteroatoms. The van der Waals surface area contributed by atoms with Gasteiger partial charge in [-0.05, 0) is 17.0 Å². The number of hydrogen-bond donors (Lipinski definition) is 1. The molecule has 31 heavy (non-hydrogen) atoms. The first-order valence-electron chi connectivity index (χ1n) is 7.89. The zero-order valence-electron chi connectivity index (χ0n) is 14.6. The molecule has 1 aromatic carbocycles. The predicted molar refractivity (Wildman–Crippen MR) is 91.5 cm³/mol. The number of carbonyl (C=O) groups excluding carboxylic acids is 1. The van der Waals surface area contributed by atoms with Crippen molar-refractivity contribution in [2.75, 3.05) is 5.32 Å². The number of halogens is 7. The molecule has 0 unspecified atom stereocenters. The summed E-state index contributed by atoms with van der Waals surface area (Å²) in [6.45, 7) is -0.0239. The van der Waals surface area contributed by atoms with Gasteiger partial charge in [0.1, 0.15) is 23.6 Å². The van der Waals surface area contributed by atoms with Gasteiger partial charge < -0.3 is 5.32 Å². The molecule has 3 rings (SSSR count). The van der Waals surface area contributed by atoms with Gasteiger partial charge in [0.15, 0.2) is 23.3 Å². The summed E-state index contributed by atoms with van der Waals surface area (Å²) in [6, 6.07) is 1.19. The highest BCUT2D eigenvalue weighted by molar-refractivity contribution is 7.12. The molecule has 164 valence electrons. The van der Waals surface area contributed by atoms with E-state index < -0.39 is 51.5 Å². The minimum Gasteiger partial charge on any atom is -0.316 e. The topological polar surface area (TPSA) is 90.1 Å². The van der Waals surface area contributed by atoms with Crippen molar-refractivity contribution in [2.24, 2.45) is 0 Å². The molecule has 0 aliphatic heterocycles. The Hall–Kier alpha value is -3.49. The van der Waals surface area contributed by atoms with Gasteiger partial charge in [-0.3, -0.25) is 19.6 Å². The highest BCUT2D eigenvalue weighted by atomic mass is 32.1. The van der Waals surface area contributed by atoms with Crippen LogP contribution in [0.3, 0.4) is 0 Å². The predicted octanol–water partition coefficient (Wildman–Crippen LogP) is 4.73. The van der Waals surface area contributed by atoms with Crippen molar-refractivity contribution in [1.82, 2.24) is 9.78 Å². The van der Waals surface area contributed by atoms with Crippen molar-refractivity contribution in [2.45, 2.75) is 12.7 Å². The molecular formula is C16H7F7N4O3S. The minimum atomic E-state index is -5.71. The molecule has 0 radical (unpaired) electrons. The van der Waals surface area contributed by atoms with Gasteiger partial charge in [-0.1, -0.05) is 0 Å². The molecule has 0 fully saturated rings. The number of rotatable bonds is 5. The van der Waals surface area contributed by atoms with Crippen LogP contribution >= 0.6 is 11.3 Å². The molecule has 0 aliphatic rings. The first kappa shape index (κ1) is 22.2. The Morgan fingerprint density at radius 1 is 1.16 bits per heavy atom. The van der Waals surface area contributed by atoms with Crippen LogP contribution in [0.1, 0.15) is 20.8 Å².